The van der Waals surface area contributed by atoms with Crippen molar-refractivity contribution in [3.63, 3.8) is 0 Å². The highest BCUT2D eigenvalue weighted by atomic mass is 35.5. The van der Waals surface area contributed by atoms with E-state index in [0.29, 0.717) is 11.8 Å². The molecule has 1 aromatic heterocycles. The number of benzene rings is 1. The van der Waals surface area contributed by atoms with Crippen LogP contribution in [0.4, 0.5) is 24.7 Å². The number of hydrogen-bond donors (Lipinski definition) is 1. The molecular formula is C13H10ClF3N4O3. The lowest BCUT2D eigenvalue weighted by Gasteiger charge is -2.11. The number of amides is 1. The molecule has 0 radical (unpaired) electrons. The molecule has 2 aromatic rings. The quantitative estimate of drug-likeness (QED) is 0.666. The van der Waals surface area contributed by atoms with Gasteiger partial charge in [0.1, 0.15) is 6.54 Å². The van der Waals surface area contributed by atoms with Crippen LogP contribution in [-0.2, 0) is 17.5 Å². The molecule has 1 N–H and O–H groups in total. The second-order valence-electron chi connectivity index (χ2n) is 4.80. The van der Waals surface area contributed by atoms with E-state index in [2.05, 4.69) is 10.4 Å². The predicted octanol–water partition coefficient (Wildman–Crippen LogP) is 3.41. The zero-order chi connectivity index (χ0) is 18.1. The summed E-state index contributed by atoms with van der Waals surface area (Å²) in [6.45, 7) is 1.09. The number of rotatable bonds is 4. The highest BCUT2D eigenvalue weighted by molar-refractivity contribution is 6.33. The van der Waals surface area contributed by atoms with Crippen LogP contribution in [0.5, 0.6) is 0 Å². The third-order valence-corrected chi connectivity index (χ3v) is 3.35. The number of carbonyl (C=O) groups excluding carboxylic acids is 1. The average molecular weight is 363 g/mol. The molecule has 0 spiro atoms. The highest BCUT2D eigenvalue weighted by Crippen LogP contribution is 2.33. The lowest BCUT2D eigenvalue weighted by molar-refractivity contribution is -0.389. The molecule has 7 nitrogen and oxygen atoms in total. The van der Waals surface area contributed by atoms with E-state index in [1.54, 1.807) is 0 Å². The predicted molar refractivity (Wildman–Crippen MR) is 78.7 cm³/mol. The van der Waals surface area contributed by atoms with Crippen LogP contribution in [0, 0.1) is 17.0 Å². The fourth-order valence-electron chi connectivity index (χ4n) is 1.87. The van der Waals surface area contributed by atoms with Crippen molar-refractivity contribution in [2.24, 2.45) is 0 Å². The van der Waals surface area contributed by atoms with Crippen LogP contribution in [0.15, 0.2) is 24.3 Å². The summed E-state index contributed by atoms with van der Waals surface area (Å²) in [6.07, 6.45) is -4.58. The second-order valence-corrected chi connectivity index (χ2v) is 5.21. The molecule has 0 bridgehead atoms. The number of nitro groups is 1. The topological polar surface area (TPSA) is 90.1 Å². The molecule has 2 rings (SSSR count). The Bertz CT molecular complexity index is 804. The summed E-state index contributed by atoms with van der Waals surface area (Å²) in [5.74, 6) is -1.16. The van der Waals surface area contributed by atoms with Gasteiger partial charge in [-0.15, -0.1) is 0 Å². The van der Waals surface area contributed by atoms with Crippen LogP contribution in [-0.4, -0.2) is 20.6 Å². The van der Waals surface area contributed by atoms with Gasteiger partial charge in [0.25, 0.3) is 0 Å². The lowest BCUT2D eigenvalue weighted by Crippen LogP contribution is -2.21. The van der Waals surface area contributed by atoms with Crippen molar-refractivity contribution in [2.75, 3.05) is 5.32 Å². The smallest absolute Gasteiger partial charge is 0.358 e. The normalized spacial score (nSPS) is 11.4. The van der Waals surface area contributed by atoms with E-state index < -0.39 is 34.9 Å². The number of alkyl halides is 3. The number of carbonyl (C=O) groups is 1. The molecule has 128 valence electrons. The van der Waals surface area contributed by atoms with Gasteiger partial charge < -0.3 is 15.4 Å². The van der Waals surface area contributed by atoms with Crippen molar-refractivity contribution < 1.29 is 22.9 Å². The maximum atomic E-state index is 12.7. The van der Waals surface area contributed by atoms with Gasteiger partial charge in [-0.05, 0) is 30.0 Å². The summed E-state index contributed by atoms with van der Waals surface area (Å²) in [7, 11) is 0. The van der Waals surface area contributed by atoms with Gasteiger partial charge in [0, 0.05) is 0 Å². The van der Waals surface area contributed by atoms with Crippen molar-refractivity contribution in [3.8, 4) is 0 Å². The molecule has 0 fully saturated rings. The fraction of sp³-hybridized carbons (Fsp3) is 0.231. The molecule has 0 saturated carbocycles. The number of halogens is 4. The minimum atomic E-state index is -4.58. The summed E-state index contributed by atoms with van der Waals surface area (Å²) in [6, 6.07) is 3.69. The van der Waals surface area contributed by atoms with Crippen molar-refractivity contribution in [1.82, 2.24) is 9.78 Å². The highest BCUT2D eigenvalue weighted by Gasteiger charge is 2.31. The van der Waals surface area contributed by atoms with Crippen LogP contribution in [0.25, 0.3) is 0 Å². The van der Waals surface area contributed by atoms with E-state index in [-0.39, 0.29) is 10.7 Å². The molecule has 0 aliphatic rings. The van der Waals surface area contributed by atoms with Gasteiger partial charge in [0.05, 0.1) is 33.1 Å². The molecule has 0 unspecified atom stereocenters. The first-order chi connectivity index (χ1) is 11.1. The lowest BCUT2D eigenvalue weighted by atomic mass is 10.2. The summed E-state index contributed by atoms with van der Waals surface area (Å²) in [5.41, 5.74) is -0.823. The van der Waals surface area contributed by atoms with Gasteiger partial charge in [-0.1, -0.05) is 11.6 Å². The Labute approximate surface area is 138 Å². The Balaban J connectivity index is 2.17. The SMILES string of the molecule is Cc1cc([N+](=O)[O-])nn1CC(=O)Nc1cc(C(F)(F)F)ccc1Cl. The summed E-state index contributed by atoms with van der Waals surface area (Å²) < 4.78 is 39.1. The first-order valence-corrected chi connectivity index (χ1v) is 6.81. The third kappa shape index (κ3) is 4.02. The number of hydrogen-bond acceptors (Lipinski definition) is 4. The standard InChI is InChI=1S/C13H10ClF3N4O3/c1-7-4-11(21(23)24)19-20(7)6-12(22)18-10-5-8(13(15,16)17)2-3-9(10)14/h2-5H,6H2,1H3,(H,18,22). The van der Waals surface area contributed by atoms with Crippen LogP contribution < -0.4 is 5.32 Å². The molecule has 0 saturated heterocycles. The Kier molecular flexibility index (Phi) is 4.78. The monoisotopic (exact) mass is 362 g/mol. The molecular weight excluding hydrogens is 353 g/mol. The van der Waals surface area contributed by atoms with Gasteiger partial charge in [-0.3, -0.25) is 4.79 Å². The number of aromatic nitrogens is 2. The Morgan fingerprint density at radius 3 is 2.62 bits per heavy atom. The fourth-order valence-corrected chi connectivity index (χ4v) is 2.03. The van der Waals surface area contributed by atoms with Crippen molar-refractivity contribution in [3.05, 3.63) is 50.7 Å². The largest absolute Gasteiger partial charge is 0.416 e. The van der Waals surface area contributed by atoms with Crippen molar-refractivity contribution in [2.45, 2.75) is 19.6 Å². The van der Waals surface area contributed by atoms with E-state index >= 15 is 0 Å². The Morgan fingerprint density at radius 1 is 1.42 bits per heavy atom. The van der Waals surface area contributed by atoms with Crippen LogP contribution in [0.2, 0.25) is 5.02 Å². The molecule has 24 heavy (non-hydrogen) atoms. The number of nitrogens with zero attached hydrogens (tertiary/aromatic N) is 3. The minimum absolute atomic E-state index is 0.0699. The first kappa shape index (κ1) is 17.7. The number of aryl methyl sites for hydroxylation is 1. The zero-order valence-electron chi connectivity index (χ0n) is 12.1. The second kappa shape index (κ2) is 6.48. The van der Waals surface area contributed by atoms with E-state index in [1.807, 2.05) is 0 Å². The number of nitrogens with one attached hydrogen (secondary N) is 1. The number of anilines is 1. The van der Waals surface area contributed by atoms with E-state index in [0.717, 1.165) is 16.8 Å². The van der Waals surface area contributed by atoms with Crippen molar-refractivity contribution >= 4 is 29.0 Å². The molecule has 0 aliphatic carbocycles. The molecule has 0 atom stereocenters. The van der Waals surface area contributed by atoms with Crippen molar-refractivity contribution in [1.29, 1.82) is 0 Å². The first-order valence-electron chi connectivity index (χ1n) is 6.43. The van der Waals surface area contributed by atoms with Gasteiger partial charge in [-0.25, -0.2) is 0 Å². The maximum absolute atomic E-state index is 12.7. The molecule has 1 amide bonds. The zero-order valence-corrected chi connectivity index (χ0v) is 12.9. The van der Waals surface area contributed by atoms with E-state index in [9.17, 15) is 28.1 Å². The Hall–Kier alpha value is -2.62. The molecule has 11 heteroatoms. The molecule has 1 aromatic carbocycles. The third-order valence-electron chi connectivity index (χ3n) is 3.02. The van der Waals surface area contributed by atoms with Crippen LogP contribution in [0.3, 0.4) is 0 Å². The van der Waals surface area contributed by atoms with Crippen LogP contribution in [0.1, 0.15) is 11.3 Å². The summed E-state index contributed by atoms with van der Waals surface area (Å²) in [5, 5.41) is 16.4. The summed E-state index contributed by atoms with van der Waals surface area (Å²) in [4.78, 5) is 21.9. The Morgan fingerprint density at radius 2 is 2.08 bits per heavy atom. The van der Waals surface area contributed by atoms with Gasteiger partial charge >= 0.3 is 12.0 Å². The van der Waals surface area contributed by atoms with Gasteiger partial charge in [-0.2, -0.15) is 17.9 Å². The van der Waals surface area contributed by atoms with Gasteiger partial charge in [0.2, 0.25) is 5.91 Å². The van der Waals surface area contributed by atoms with Crippen LogP contribution >= 0.6 is 11.6 Å². The maximum Gasteiger partial charge on any atom is 0.416 e. The molecule has 1 heterocycles. The summed E-state index contributed by atoms with van der Waals surface area (Å²) >= 11 is 5.78. The van der Waals surface area contributed by atoms with Gasteiger partial charge in [0.15, 0.2) is 0 Å². The van der Waals surface area contributed by atoms with E-state index in [4.69, 9.17) is 11.6 Å². The molecule has 0 aliphatic heterocycles. The van der Waals surface area contributed by atoms with E-state index in [1.165, 1.54) is 13.0 Å². The minimum Gasteiger partial charge on any atom is -0.358 e. The average Bonchev–Trinajstić information content (AvgIpc) is 2.81.